The summed E-state index contributed by atoms with van der Waals surface area (Å²) in [5, 5.41) is 2.98. The van der Waals surface area contributed by atoms with Gasteiger partial charge in [-0.3, -0.25) is 0 Å². The van der Waals surface area contributed by atoms with Gasteiger partial charge < -0.3 is 0 Å². The third-order valence-electron chi connectivity index (χ3n) is 9.14. The van der Waals surface area contributed by atoms with Crippen LogP contribution < -0.4 is 10.4 Å². The van der Waals surface area contributed by atoms with Gasteiger partial charge in [0.2, 0.25) is 0 Å². The molecule has 5 aromatic carbocycles. The molecule has 0 heterocycles. The van der Waals surface area contributed by atoms with Crippen LogP contribution in [0.2, 0.25) is 5.54 Å². The van der Waals surface area contributed by atoms with Crippen LogP contribution in [-0.4, -0.2) is 8.07 Å². The summed E-state index contributed by atoms with van der Waals surface area (Å²) in [6.07, 6.45) is 7.54. The van der Waals surface area contributed by atoms with Crippen molar-refractivity contribution in [2.75, 3.05) is 0 Å². The molecule has 0 saturated carbocycles. The summed E-state index contributed by atoms with van der Waals surface area (Å²) < 4.78 is 0. The SMILES string of the molecule is CC1=CC(c2ccccc2)=CC1[Si](c1ccccc1)(c1ccccc1)C1C(C)=Cc2c(-c3ccccc3)cccc21. The fourth-order valence-corrected chi connectivity index (χ4v) is 13.8. The predicted octanol–water partition coefficient (Wildman–Crippen LogP) is 9.07. The van der Waals surface area contributed by atoms with Gasteiger partial charge in [0.1, 0.15) is 8.07 Å². The molecule has 0 fully saturated rings. The van der Waals surface area contributed by atoms with Crippen molar-refractivity contribution in [3.8, 4) is 11.1 Å². The molecule has 2 atom stereocenters. The van der Waals surface area contributed by atoms with Crippen LogP contribution in [0.1, 0.15) is 36.1 Å². The topological polar surface area (TPSA) is 0 Å². The van der Waals surface area contributed by atoms with Crippen molar-refractivity contribution in [1.82, 2.24) is 0 Å². The van der Waals surface area contributed by atoms with Gasteiger partial charge >= 0.3 is 0 Å². The van der Waals surface area contributed by atoms with Crippen molar-refractivity contribution in [2.24, 2.45) is 0 Å². The van der Waals surface area contributed by atoms with Crippen LogP contribution in [0.25, 0.3) is 22.8 Å². The second-order valence-electron chi connectivity index (χ2n) is 11.5. The van der Waals surface area contributed by atoms with Crippen LogP contribution in [0.15, 0.2) is 163 Å². The van der Waals surface area contributed by atoms with Crippen LogP contribution >= 0.6 is 0 Å². The summed E-state index contributed by atoms with van der Waals surface area (Å²) >= 11 is 0. The lowest BCUT2D eigenvalue weighted by atomic mass is 9.97. The minimum absolute atomic E-state index is 0.311. The van der Waals surface area contributed by atoms with E-state index in [1.165, 1.54) is 54.9 Å². The van der Waals surface area contributed by atoms with Crippen molar-refractivity contribution in [1.29, 1.82) is 0 Å². The zero-order chi connectivity index (χ0) is 27.8. The summed E-state index contributed by atoms with van der Waals surface area (Å²) in [5.41, 5.74) is 11.7. The molecule has 0 N–H and O–H groups in total. The second-order valence-corrected chi connectivity index (χ2v) is 15.5. The van der Waals surface area contributed by atoms with Gasteiger partial charge in [0.25, 0.3) is 0 Å². The molecule has 198 valence electrons. The number of benzene rings is 5. The van der Waals surface area contributed by atoms with Crippen molar-refractivity contribution >= 4 is 30.1 Å². The maximum Gasteiger partial charge on any atom is 0.139 e. The Morgan fingerprint density at radius 3 is 1.61 bits per heavy atom. The first-order valence-electron chi connectivity index (χ1n) is 14.6. The predicted molar refractivity (Wildman–Crippen MR) is 178 cm³/mol. The Labute approximate surface area is 245 Å². The lowest BCUT2D eigenvalue weighted by Gasteiger charge is -2.44. The highest BCUT2D eigenvalue weighted by atomic mass is 28.3. The average molecular weight is 543 g/mol. The van der Waals surface area contributed by atoms with E-state index in [9.17, 15) is 0 Å². The fourth-order valence-electron chi connectivity index (χ4n) is 7.49. The highest BCUT2D eigenvalue weighted by Crippen LogP contribution is 2.52. The zero-order valence-electron chi connectivity index (χ0n) is 23.7. The van der Waals surface area contributed by atoms with E-state index in [1.807, 2.05) is 0 Å². The van der Waals surface area contributed by atoms with Crippen molar-refractivity contribution in [3.05, 3.63) is 180 Å². The third-order valence-corrected chi connectivity index (χ3v) is 15.0. The molecule has 2 unspecified atom stereocenters. The van der Waals surface area contributed by atoms with Crippen molar-refractivity contribution in [3.63, 3.8) is 0 Å². The smallest absolute Gasteiger partial charge is 0.0715 e. The molecule has 0 spiro atoms. The first kappa shape index (κ1) is 25.5. The second kappa shape index (κ2) is 10.5. The van der Waals surface area contributed by atoms with E-state index in [0.717, 1.165) is 0 Å². The molecule has 2 aliphatic rings. The lowest BCUT2D eigenvalue weighted by Crippen LogP contribution is -2.65. The molecule has 0 amide bonds. The molecule has 0 radical (unpaired) electrons. The molecule has 0 saturated heterocycles. The van der Waals surface area contributed by atoms with Crippen LogP contribution in [0.4, 0.5) is 0 Å². The molecule has 0 aliphatic heterocycles. The van der Waals surface area contributed by atoms with Crippen LogP contribution in [0.5, 0.6) is 0 Å². The van der Waals surface area contributed by atoms with Crippen LogP contribution in [0, 0.1) is 0 Å². The molecule has 0 bridgehead atoms. The molecule has 41 heavy (non-hydrogen) atoms. The average Bonchev–Trinajstić information content (AvgIpc) is 3.59. The lowest BCUT2D eigenvalue weighted by molar-refractivity contribution is 1.03. The number of hydrogen-bond acceptors (Lipinski definition) is 0. The van der Waals surface area contributed by atoms with E-state index < -0.39 is 8.07 Å². The maximum absolute atomic E-state index is 2.60. The van der Waals surface area contributed by atoms with Crippen molar-refractivity contribution < 1.29 is 0 Å². The molecule has 0 aromatic heterocycles. The fraction of sp³-hybridized carbons (Fsp3) is 0.100. The van der Waals surface area contributed by atoms with Gasteiger partial charge in [0, 0.05) is 11.1 Å². The molecular formula is C40H34Si. The van der Waals surface area contributed by atoms with Gasteiger partial charge in [-0.05, 0) is 47.2 Å². The summed E-state index contributed by atoms with van der Waals surface area (Å²) in [7, 11) is -2.57. The highest BCUT2D eigenvalue weighted by molar-refractivity contribution is 7.05. The van der Waals surface area contributed by atoms with E-state index in [2.05, 4.69) is 172 Å². The maximum atomic E-state index is 2.60. The van der Waals surface area contributed by atoms with E-state index in [0.29, 0.717) is 11.1 Å². The Morgan fingerprint density at radius 2 is 1.02 bits per heavy atom. The Kier molecular flexibility index (Phi) is 6.53. The Morgan fingerprint density at radius 1 is 0.488 bits per heavy atom. The highest BCUT2D eigenvalue weighted by Gasteiger charge is 2.54. The number of fused-ring (bicyclic) bond motifs is 1. The normalized spacial score (nSPS) is 18.0. The molecular weight excluding hydrogens is 509 g/mol. The van der Waals surface area contributed by atoms with Crippen molar-refractivity contribution in [2.45, 2.75) is 24.9 Å². The Balaban J connectivity index is 1.53. The summed E-state index contributed by atoms with van der Waals surface area (Å²) in [6, 6.07) is 51.7. The minimum Gasteiger partial charge on any atom is -0.0715 e. The Bertz CT molecular complexity index is 1740. The minimum atomic E-state index is -2.57. The summed E-state index contributed by atoms with van der Waals surface area (Å²) in [5.74, 6) is 0. The number of hydrogen-bond donors (Lipinski definition) is 0. The largest absolute Gasteiger partial charge is 0.139 e. The summed E-state index contributed by atoms with van der Waals surface area (Å²) in [4.78, 5) is 0. The van der Waals surface area contributed by atoms with Crippen LogP contribution in [0.3, 0.4) is 0 Å². The van der Waals surface area contributed by atoms with Gasteiger partial charge in [-0.1, -0.05) is 179 Å². The quantitative estimate of drug-likeness (QED) is 0.188. The molecule has 7 rings (SSSR count). The van der Waals surface area contributed by atoms with E-state index >= 15 is 0 Å². The first-order chi connectivity index (χ1) is 20.2. The standard InChI is InChI=1S/C40H34Si/c1-29-26-33(31-16-7-3-8-17-31)28-39(29)41(34-20-11-5-12-21-34,35-22-13-6-14-23-35)40-30(2)27-38-36(24-15-25-37(38)40)32-18-9-4-10-19-32/h3-28,39-40H,1-2H3. The first-order valence-corrected chi connectivity index (χ1v) is 16.8. The summed E-state index contributed by atoms with van der Waals surface area (Å²) in [6.45, 7) is 4.74. The van der Waals surface area contributed by atoms with Gasteiger partial charge in [0.15, 0.2) is 0 Å². The zero-order valence-corrected chi connectivity index (χ0v) is 24.7. The van der Waals surface area contributed by atoms with Gasteiger partial charge in [0.05, 0.1) is 0 Å². The van der Waals surface area contributed by atoms with E-state index in [4.69, 9.17) is 0 Å². The number of allylic oxidation sites excluding steroid dienone is 5. The Hall–Kier alpha value is -4.46. The van der Waals surface area contributed by atoms with Gasteiger partial charge in [-0.15, -0.1) is 0 Å². The monoisotopic (exact) mass is 542 g/mol. The molecule has 5 aromatic rings. The van der Waals surface area contributed by atoms with Crippen LogP contribution in [-0.2, 0) is 0 Å². The molecule has 2 aliphatic carbocycles. The molecule has 0 nitrogen and oxygen atoms in total. The third kappa shape index (κ3) is 4.20. The van der Waals surface area contributed by atoms with Gasteiger partial charge in [-0.2, -0.15) is 0 Å². The van der Waals surface area contributed by atoms with E-state index in [1.54, 1.807) is 0 Å². The van der Waals surface area contributed by atoms with Gasteiger partial charge in [-0.25, -0.2) is 0 Å². The van der Waals surface area contributed by atoms with E-state index in [-0.39, 0.29) is 0 Å². The molecule has 1 heteroatoms. The number of rotatable bonds is 6.